The van der Waals surface area contributed by atoms with Crippen LogP contribution in [0.15, 0.2) is 22.7 Å². The molecule has 0 atom stereocenters. The van der Waals surface area contributed by atoms with Crippen LogP contribution < -0.4 is 11.0 Å². The van der Waals surface area contributed by atoms with E-state index in [1.54, 1.807) is 6.07 Å². The van der Waals surface area contributed by atoms with E-state index < -0.39 is 7.60 Å². The van der Waals surface area contributed by atoms with E-state index in [0.29, 0.717) is 4.47 Å². The standard InChI is InChI=1S/C6H7BrNO3P.2Na.2H/c7-4-1-2-5(8)6(3-4)12(9,10)11;;;;/h1-3H,8H2,(H2,9,10,11);;;;. The molecule has 14 heavy (non-hydrogen) atoms. The maximum absolute atomic E-state index is 10.8. The molecule has 8 heteroatoms. The van der Waals surface area contributed by atoms with E-state index in [9.17, 15) is 4.57 Å². The van der Waals surface area contributed by atoms with Crippen LogP contribution in [0, 0.1) is 0 Å². The molecule has 0 spiro atoms. The van der Waals surface area contributed by atoms with Crippen LogP contribution in [0.25, 0.3) is 0 Å². The molecule has 0 radical (unpaired) electrons. The Labute approximate surface area is 135 Å². The molecular formula is C6H9BrNNa2O3P. The fourth-order valence-corrected chi connectivity index (χ4v) is 2.03. The number of nitrogen functional groups attached to an aromatic ring is 1. The van der Waals surface area contributed by atoms with Crippen molar-refractivity contribution in [1.29, 1.82) is 0 Å². The van der Waals surface area contributed by atoms with Gasteiger partial charge in [-0.1, -0.05) is 15.9 Å². The molecule has 1 aromatic rings. The first kappa shape index (κ1) is 18.0. The van der Waals surface area contributed by atoms with Crippen LogP contribution in [-0.2, 0) is 4.57 Å². The van der Waals surface area contributed by atoms with Crippen LogP contribution in [0.4, 0.5) is 5.69 Å². The van der Waals surface area contributed by atoms with Gasteiger partial charge in [-0.15, -0.1) is 0 Å². The van der Waals surface area contributed by atoms with Gasteiger partial charge in [0.15, 0.2) is 0 Å². The van der Waals surface area contributed by atoms with Gasteiger partial charge in [0.1, 0.15) is 0 Å². The average Bonchev–Trinajstić information content (AvgIpc) is 1.92. The summed E-state index contributed by atoms with van der Waals surface area (Å²) < 4.78 is 11.4. The van der Waals surface area contributed by atoms with Crippen molar-refractivity contribution in [3.8, 4) is 0 Å². The molecule has 0 fully saturated rings. The number of anilines is 1. The molecule has 0 aliphatic carbocycles. The molecule has 0 saturated carbocycles. The molecule has 0 heterocycles. The van der Waals surface area contributed by atoms with Crippen LogP contribution in [0.5, 0.6) is 0 Å². The summed E-state index contributed by atoms with van der Waals surface area (Å²) in [7, 11) is -4.24. The zero-order valence-electron chi connectivity index (χ0n) is 5.94. The van der Waals surface area contributed by atoms with Crippen LogP contribution in [-0.4, -0.2) is 68.9 Å². The fraction of sp³-hybridized carbons (Fsp3) is 0. The second-order valence-corrected chi connectivity index (χ2v) is 4.73. The predicted molar refractivity (Wildman–Crippen MR) is 64.5 cm³/mol. The second-order valence-electron chi connectivity index (χ2n) is 2.25. The molecular weight excluding hydrogens is 291 g/mol. The van der Waals surface area contributed by atoms with Gasteiger partial charge in [-0.2, -0.15) is 0 Å². The van der Waals surface area contributed by atoms with Crippen molar-refractivity contribution in [2.75, 3.05) is 5.73 Å². The second kappa shape index (κ2) is 7.07. The Morgan fingerprint density at radius 2 is 1.79 bits per heavy atom. The van der Waals surface area contributed by atoms with Crippen LogP contribution in [0.2, 0.25) is 0 Å². The Morgan fingerprint density at radius 3 is 2.14 bits per heavy atom. The average molecular weight is 300 g/mol. The van der Waals surface area contributed by atoms with Gasteiger partial charge in [-0.25, -0.2) is 0 Å². The monoisotopic (exact) mass is 299 g/mol. The van der Waals surface area contributed by atoms with E-state index >= 15 is 0 Å². The van der Waals surface area contributed by atoms with Gasteiger partial charge in [-0.05, 0) is 18.2 Å². The first-order valence-corrected chi connectivity index (χ1v) is 5.43. The van der Waals surface area contributed by atoms with E-state index in [4.69, 9.17) is 15.5 Å². The minimum atomic E-state index is -4.24. The number of hydrogen-bond donors (Lipinski definition) is 3. The molecule has 1 aromatic carbocycles. The molecule has 0 aliphatic rings. The molecule has 0 aliphatic heterocycles. The van der Waals surface area contributed by atoms with E-state index in [-0.39, 0.29) is 70.1 Å². The summed E-state index contributed by atoms with van der Waals surface area (Å²) in [4.78, 5) is 17.6. The first-order valence-electron chi connectivity index (χ1n) is 3.02. The van der Waals surface area contributed by atoms with E-state index in [1.165, 1.54) is 12.1 Å². The molecule has 0 saturated heterocycles. The summed E-state index contributed by atoms with van der Waals surface area (Å²) in [5.41, 5.74) is 5.47. The third kappa shape index (κ3) is 5.12. The van der Waals surface area contributed by atoms with Gasteiger partial charge in [0.2, 0.25) is 0 Å². The maximum atomic E-state index is 10.8. The summed E-state index contributed by atoms with van der Waals surface area (Å²) in [6.45, 7) is 0. The number of nitrogens with two attached hydrogens (primary N) is 1. The third-order valence-electron chi connectivity index (χ3n) is 1.31. The predicted octanol–water partition coefficient (Wildman–Crippen LogP) is -0.463. The first-order chi connectivity index (χ1) is 5.41. The van der Waals surface area contributed by atoms with E-state index in [1.807, 2.05) is 0 Å². The molecule has 70 valence electrons. The summed E-state index contributed by atoms with van der Waals surface area (Å²) in [5, 5.41) is -0.142. The molecule has 1 rings (SSSR count). The van der Waals surface area contributed by atoms with Crippen molar-refractivity contribution < 1.29 is 14.4 Å². The van der Waals surface area contributed by atoms with Gasteiger partial charge in [-0.3, -0.25) is 4.57 Å². The van der Waals surface area contributed by atoms with Gasteiger partial charge in [0.25, 0.3) is 0 Å². The summed E-state index contributed by atoms with van der Waals surface area (Å²) >= 11 is 3.09. The Balaban J connectivity index is 0. The van der Waals surface area contributed by atoms with Crippen LogP contribution in [0.3, 0.4) is 0 Å². The van der Waals surface area contributed by atoms with Crippen molar-refractivity contribution in [3.63, 3.8) is 0 Å². The van der Waals surface area contributed by atoms with Crippen LogP contribution >= 0.6 is 23.5 Å². The Morgan fingerprint density at radius 1 is 1.29 bits per heavy atom. The third-order valence-corrected chi connectivity index (χ3v) is 2.81. The summed E-state index contributed by atoms with van der Waals surface area (Å²) in [6.07, 6.45) is 0. The van der Waals surface area contributed by atoms with Gasteiger partial charge in [0.05, 0.1) is 5.30 Å². The quantitative estimate of drug-likeness (QED) is 0.372. The Kier molecular flexibility index (Phi) is 9.10. The van der Waals surface area contributed by atoms with E-state index in [0.717, 1.165) is 0 Å². The number of rotatable bonds is 1. The normalized spacial score (nSPS) is 9.93. The van der Waals surface area contributed by atoms with Crippen LogP contribution in [0.1, 0.15) is 0 Å². The topological polar surface area (TPSA) is 83.6 Å². The zero-order valence-corrected chi connectivity index (χ0v) is 8.42. The van der Waals surface area contributed by atoms with Crippen molar-refractivity contribution >= 4 is 93.6 Å². The number of hydrogen-bond acceptors (Lipinski definition) is 2. The number of halogens is 1. The van der Waals surface area contributed by atoms with E-state index in [2.05, 4.69) is 15.9 Å². The van der Waals surface area contributed by atoms with Crippen molar-refractivity contribution in [3.05, 3.63) is 22.7 Å². The number of benzene rings is 1. The zero-order chi connectivity index (χ0) is 9.35. The van der Waals surface area contributed by atoms with Crippen molar-refractivity contribution in [2.24, 2.45) is 0 Å². The van der Waals surface area contributed by atoms with Gasteiger partial charge < -0.3 is 15.5 Å². The molecule has 4 N–H and O–H groups in total. The van der Waals surface area contributed by atoms with Gasteiger partial charge in [0, 0.05) is 10.2 Å². The van der Waals surface area contributed by atoms with Gasteiger partial charge >= 0.3 is 66.7 Å². The van der Waals surface area contributed by atoms with Crippen molar-refractivity contribution in [1.82, 2.24) is 0 Å². The molecule has 0 amide bonds. The molecule has 0 bridgehead atoms. The summed E-state index contributed by atoms with van der Waals surface area (Å²) in [6, 6.07) is 4.38. The SMILES string of the molecule is Nc1ccc(Br)cc1P(=O)(O)O.[NaH].[NaH]. The fourth-order valence-electron chi connectivity index (χ4n) is 0.769. The molecule has 0 aromatic heterocycles. The summed E-state index contributed by atoms with van der Waals surface area (Å²) in [5.74, 6) is 0. The Bertz CT molecular complexity index is 357. The molecule has 4 nitrogen and oxygen atoms in total. The molecule has 0 unspecified atom stereocenters. The minimum absolute atomic E-state index is 0. The van der Waals surface area contributed by atoms with Crippen molar-refractivity contribution in [2.45, 2.75) is 0 Å². The Hall–Kier alpha value is 1.65.